The lowest BCUT2D eigenvalue weighted by molar-refractivity contribution is -0.121. The molecule has 0 spiro atoms. The molecule has 0 radical (unpaired) electrons. The number of aryl methyl sites for hydroxylation is 1. The van der Waals surface area contributed by atoms with Gasteiger partial charge < -0.3 is 15.8 Å². The summed E-state index contributed by atoms with van der Waals surface area (Å²) in [5.41, 5.74) is 9.36. The molecule has 1 aliphatic carbocycles. The van der Waals surface area contributed by atoms with Gasteiger partial charge in [-0.3, -0.25) is 14.8 Å². The fourth-order valence-corrected chi connectivity index (χ4v) is 5.12. The Morgan fingerprint density at radius 1 is 1.05 bits per heavy atom. The number of benzene rings is 1. The van der Waals surface area contributed by atoms with Crippen molar-refractivity contribution in [2.75, 3.05) is 18.2 Å². The number of aromatic nitrogens is 3. The van der Waals surface area contributed by atoms with E-state index in [-0.39, 0.29) is 11.8 Å². The van der Waals surface area contributed by atoms with Crippen LogP contribution in [0.3, 0.4) is 0 Å². The highest BCUT2D eigenvalue weighted by Gasteiger charge is 2.31. The normalized spacial score (nSPS) is 20.6. The summed E-state index contributed by atoms with van der Waals surface area (Å²) in [6, 6.07) is 11.1. The van der Waals surface area contributed by atoms with Crippen molar-refractivity contribution in [2.24, 2.45) is 22.7 Å². The topological polar surface area (TPSA) is 115 Å². The molecule has 1 atom stereocenters. The maximum Gasteiger partial charge on any atom is 0.227 e. The molecule has 2 aromatic heterocycles. The van der Waals surface area contributed by atoms with Crippen molar-refractivity contribution in [3.8, 4) is 17.6 Å². The molecule has 1 unspecified atom stereocenters. The summed E-state index contributed by atoms with van der Waals surface area (Å²) >= 11 is 0. The van der Waals surface area contributed by atoms with Gasteiger partial charge in [0, 0.05) is 41.8 Å². The number of nitrogen functional groups attached to an aromatic ring is 1. The Labute approximate surface area is 216 Å². The predicted molar refractivity (Wildman–Crippen MR) is 144 cm³/mol. The van der Waals surface area contributed by atoms with Crippen LogP contribution in [-0.4, -0.2) is 34.2 Å². The molecule has 1 amide bonds. The minimum absolute atomic E-state index is 0.0189. The van der Waals surface area contributed by atoms with E-state index < -0.39 is 0 Å². The molecule has 37 heavy (non-hydrogen) atoms. The number of carbonyl (C=O) groups excluding carboxylic acids is 1. The maximum absolute atomic E-state index is 12.8. The van der Waals surface area contributed by atoms with Crippen LogP contribution >= 0.6 is 0 Å². The molecule has 1 aromatic carbocycles. The second kappa shape index (κ2) is 11.2. The van der Waals surface area contributed by atoms with Gasteiger partial charge in [0.15, 0.2) is 5.82 Å². The Morgan fingerprint density at radius 2 is 1.86 bits per heavy atom. The molecule has 5 rings (SSSR count). The van der Waals surface area contributed by atoms with Crippen molar-refractivity contribution in [3.63, 3.8) is 0 Å². The molecular weight excluding hydrogens is 464 g/mol. The molecule has 8 nitrogen and oxygen atoms in total. The molecule has 3 aromatic rings. The van der Waals surface area contributed by atoms with E-state index in [1.54, 1.807) is 19.5 Å². The molecule has 2 aliphatic rings. The number of ether oxygens (including phenoxy) is 1. The molecule has 1 fully saturated rings. The van der Waals surface area contributed by atoms with Crippen LogP contribution in [0.25, 0.3) is 0 Å². The van der Waals surface area contributed by atoms with Crippen LogP contribution in [0, 0.1) is 29.6 Å². The third kappa shape index (κ3) is 5.95. The van der Waals surface area contributed by atoms with Gasteiger partial charge in [0.2, 0.25) is 11.7 Å². The van der Waals surface area contributed by atoms with Crippen molar-refractivity contribution in [1.82, 2.24) is 15.0 Å². The van der Waals surface area contributed by atoms with Gasteiger partial charge in [0.05, 0.1) is 12.8 Å². The lowest BCUT2D eigenvalue weighted by Crippen LogP contribution is -2.30. The fourth-order valence-electron chi connectivity index (χ4n) is 5.12. The van der Waals surface area contributed by atoms with Gasteiger partial charge in [-0.15, -0.1) is 0 Å². The average Bonchev–Trinajstić information content (AvgIpc) is 3.16. The number of amides is 1. The monoisotopic (exact) mass is 494 g/mol. The average molecular weight is 495 g/mol. The second-order valence-electron chi connectivity index (χ2n) is 9.53. The van der Waals surface area contributed by atoms with E-state index in [0.717, 1.165) is 61.2 Å². The summed E-state index contributed by atoms with van der Waals surface area (Å²) in [6.07, 6.45) is 10.9. The van der Waals surface area contributed by atoms with E-state index in [1.807, 2.05) is 42.6 Å². The van der Waals surface area contributed by atoms with Crippen LogP contribution in [-0.2, 0) is 11.2 Å². The van der Waals surface area contributed by atoms with Gasteiger partial charge in [-0.2, -0.15) is 0 Å². The number of hydrogen-bond donors (Lipinski definition) is 2. The van der Waals surface area contributed by atoms with Gasteiger partial charge >= 0.3 is 0 Å². The minimum atomic E-state index is 0.0189. The molecule has 0 bridgehead atoms. The Hall–Kier alpha value is -4.25. The van der Waals surface area contributed by atoms with Crippen LogP contribution in [0.2, 0.25) is 0 Å². The largest absolute Gasteiger partial charge is 0.497 e. The third-order valence-electron chi connectivity index (χ3n) is 7.18. The summed E-state index contributed by atoms with van der Waals surface area (Å²) in [4.78, 5) is 30.6. The number of fused-ring (bicyclic) bond motifs is 1. The Kier molecular flexibility index (Phi) is 7.41. The number of nitrogens with zero attached hydrogens (tertiary/aromatic N) is 4. The zero-order valence-corrected chi connectivity index (χ0v) is 20.9. The van der Waals surface area contributed by atoms with E-state index in [0.29, 0.717) is 29.2 Å². The van der Waals surface area contributed by atoms with Crippen LogP contribution in [0.4, 0.5) is 17.2 Å². The fraction of sp³-hybridized carbons (Fsp3) is 0.345. The summed E-state index contributed by atoms with van der Waals surface area (Å²) in [5.74, 6) is 8.47. The number of nitrogens with one attached hydrogen (secondary N) is 1. The van der Waals surface area contributed by atoms with Crippen LogP contribution < -0.4 is 15.8 Å². The number of carbonyl (C=O) groups is 1. The van der Waals surface area contributed by atoms with Crippen molar-refractivity contribution in [1.29, 1.82) is 0 Å². The first-order valence-electron chi connectivity index (χ1n) is 12.7. The van der Waals surface area contributed by atoms with Gasteiger partial charge in [-0.25, -0.2) is 9.97 Å². The maximum atomic E-state index is 12.8. The SMILES string of the molecule is COc1cccc(NC(=O)C2CCC(C3C=Nc4c(N)nc(C#Cc5ccncc5)nc4CC3)CC2)c1. The quantitative estimate of drug-likeness (QED) is 0.513. The number of hydrogen-bond acceptors (Lipinski definition) is 7. The molecule has 0 saturated heterocycles. The van der Waals surface area contributed by atoms with Gasteiger partial charge in [-0.05, 0) is 80.5 Å². The van der Waals surface area contributed by atoms with Gasteiger partial charge in [-0.1, -0.05) is 12.0 Å². The third-order valence-corrected chi connectivity index (χ3v) is 7.18. The number of aliphatic imine (C=N–C) groups is 1. The van der Waals surface area contributed by atoms with Crippen LogP contribution in [0.15, 0.2) is 53.8 Å². The highest BCUT2D eigenvalue weighted by Crippen LogP contribution is 2.38. The zero-order chi connectivity index (χ0) is 25.6. The highest BCUT2D eigenvalue weighted by atomic mass is 16.5. The number of rotatable bonds is 4. The van der Waals surface area contributed by atoms with Crippen molar-refractivity contribution < 1.29 is 9.53 Å². The highest BCUT2D eigenvalue weighted by molar-refractivity contribution is 5.92. The predicted octanol–water partition coefficient (Wildman–Crippen LogP) is 4.57. The Bertz CT molecular complexity index is 1350. The van der Waals surface area contributed by atoms with Crippen molar-refractivity contribution in [3.05, 3.63) is 65.9 Å². The molecule has 8 heteroatoms. The lowest BCUT2D eigenvalue weighted by atomic mass is 9.74. The van der Waals surface area contributed by atoms with Crippen LogP contribution in [0.1, 0.15) is 49.2 Å². The minimum Gasteiger partial charge on any atom is -0.497 e. The van der Waals surface area contributed by atoms with E-state index in [9.17, 15) is 4.79 Å². The first-order valence-corrected chi connectivity index (χ1v) is 12.7. The molecule has 1 aliphatic heterocycles. The van der Waals surface area contributed by atoms with Crippen molar-refractivity contribution in [2.45, 2.75) is 38.5 Å². The molecule has 1 saturated carbocycles. The van der Waals surface area contributed by atoms with Gasteiger partial charge in [0.25, 0.3) is 0 Å². The summed E-state index contributed by atoms with van der Waals surface area (Å²) < 4.78 is 5.25. The zero-order valence-electron chi connectivity index (χ0n) is 20.9. The number of nitrogens with two attached hydrogens (primary N) is 1. The first kappa shape index (κ1) is 24.4. The van der Waals surface area contributed by atoms with Crippen LogP contribution in [0.5, 0.6) is 5.75 Å². The van der Waals surface area contributed by atoms with Gasteiger partial charge in [0.1, 0.15) is 11.4 Å². The smallest absolute Gasteiger partial charge is 0.227 e. The van der Waals surface area contributed by atoms with E-state index in [1.165, 1.54) is 0 Å². The standard InChI is InChI=1S/C29H30N6O2/c1-37-24-4-2-3-23(17-24)33-29(36)21-8-6-20(7-9-21)22-10-11-25-27(32-18-22)28(30)35-26(34-25)12-5-19-13-15-31-16-14-19/h2-4,13-18,20-22H,6-11H2,1H3,(H,33,36)(H2,30,34,35). The number of pyridine rings is 1. The summed E-state index contributed by atoms with van der Waals surface area (Å²) in [5, 5.41) is 3.05. The van der Waals surface area contributed by atoms with E-state index in [2.05, 4.69) is 32.1 Å². The first-order chi connectivity index (χ1) is 18.1. The van der Waals surface area contributed by atoms with Crippen molar-refractivity contribution >= 4 is 29.3 Å². The van der Waals surface area contributed by atoms with E-state index >= 15 is 0 Å². The molecule has 3 heterocycles. The summed E-state index contributed by atoms with van der Waals surface area (Å²) in [6.45, 7) is 0. The van der Waals surface area contributed by atoms with E-state index in [4.69, 9.17) is 15.5 Å². The number of methoxy groups -OCH3 is 1. The lowest BCUT2D eigenvalue weighted by Gasteiger charge is -2.31. The number of anilines is 2. The Morgan fingerprint density at radius 3 is 2.65 bits per heavy atom. The Balaban J connectivity index is 1.19. The second-order valence-corrected chi connectivity index (χ2v) is 9.53. The summed E-state index contributed by atoms with van der Waals surface area (Å²) in [7, 11) is 1.62. The molecule has 188 valence electrons. The molecular formula is C29H30N6O2. The molecule has 3 N–H and O–H groups in total.